The number of pyridine rings is 1. The number of aryl methyl sites for hydroxylation is 2. The number of fused-ring (bicyclic) bond motifs is 1. The molecule has 1 N–H and O–H groups in total. The van der Waals surface area contributed by atoms with E-state index in [0.717, 1.165) is 28.1 Å². The van der Waals surface area contributed by atoms with Gasteiger partial charge in [-0.3, -0.25) is 14.5 Å². The Morgan fingerprint density at radius 1 is 1.26 bits per heavy atom. The van der Waals surface area contributed by atoms with Crippen LogP contribution in [0.5, 0.6) is 0 Å². The lowest BCUT2D eigenvalue weighted by molar-refractivity contribution is 0.0948. The van der Waals surface area contributed by atoms with E-state index >= 15 is 0 Å². The third-order valence-electron chi connectivity index (χ3n) is 5.12. The number of carbonyl (C=O) groups is 2. The van der Waals surface area contributed by atoms with Gasteiger partial charge < -0.3 is 15.1 Å². The molecule has 3 rings (SSSR count). The minimum Gasteiger partial charge on any atom is -0.348 e. The number of carbonyl (C=O) groups excluding carboxylic acids is 2. The molecule has 8 heteroatoms. The predicted molar refractivity (Wildman–Crippen MR) is 101 cm³/mol. The Balaban J connectivity index is 1.76. The van der Waals surface area contributed by atoms with Crippen LogP contribution in [-0.2, 0) is 26.6 Å². The summed E-state index contributed by atoms with van der Waals surface area (Å²) in [7, 11) is 5.37. The number of aromatic nitrogens is 3. The van der Waals surface area contributed by atoms with E-state index in [-0.39, 0.29) is 11.9 Å². The van der Waals surface area contributed by atoms with Gasteiger partial charge in [-0.25, -0.2) is 4.79 Å². The summed E-state index contributed by atoms with van der Waals surface area (Å²) in [6.07, 6.45) is 4.00. The summed E-state index contributed by atoms with van der Waals surface area (Å²) in [5.74, 6) is -0.144. The molecule has 0 unspecified atom stereocenters. The van der Waals surface area contributed by atoms with Gasteiger partial charge in [-0.05, 0) is 31.4 Å². The molecule has 0 aromatic carbocycles. The largest absolute Gasteiger partial charge is 0.348 e. The molecule has 1 aliphatic heterocycles. The van der Waals surface area contributed by atoms with Crippen LogP contribution in [0.2, 0.25) is 0 Å². The zero-order valence-electron chi connectivity index (χ0n) is 16.5. The zero-order valence-corrected chi connectivity index (χ0v) is 16.5. The standard InChI is InChI=1S/C19H26N6O2/c1-12-16(13(2)24(5)22-12)10-21-18(26)17-9-20-8-14-11-25(7-6-15(14)17)19(27)23(3)4/h8-9H,6-7,10-11H2,1-5H3,(H,21,26). The van der Waals surface area contributed by atoms with Gasteiger partial charge in [0.25, 0.3) is 5.91 Å². The maximum absolute atomic E-state index is 12.8. The Morgan fingerprint density at radius 2 is 2.00 bits per heavy atom. The van der Waals surface area contributed by atoms with Gasteiger partial charge in [-0.1, -0.05) is 0 Å². The van der Waals surface area contributed by atoms with E-state index in [4.69, 9.17) is 0 Å². The molecule has 3 heterocycles. The van der Waals surface area contributed by atoms with Crippen molar-refractivity contribution in [2.45, 2.75) is 33.4 Å². The highest BCUT2D eigenvalue weighted by Gasteiger charge is 2.25. The Hall–Kier alpha value is -2.90. The van der Waals surface area contributed by atoms with Crippen LogP contribution in [0.1, 0.15) is 38.4 Å². The molecular formula is C19H26N6O2. The average molecular weight is 370 g/mol. The second kappa shape index (κ2) is 7.38. The molecule has 0 saturated carbocycles. The summed E-state index contributed by atoms with van der Waals surface area (Å²) >= 11 is 0. The Labute approximate surface area is 159 Å². The van der Waals surface area contributed by atoms with Crippen LogP contribution in [0, 0.1) is 13.8 Å². The zero-order chi connectivity index (χ0) is 19.7. The summed E-state index contributed by atoms with van der Waals surface area (Å²) < 4.78 is 1.82. The minimum absolute atomic E-state index is 0.0296. The normalized spacial score (nSPS) is 13.3. The Kier molecular flexibility index (Phi) is 5.16. The van der Waals surface area contributed by atoms with Crippen LogP contribution >= 0.6 is 0 Å². The summed E-state index contributed by atoms with van der Waals surface area (Å²) in [6.45, 7) is 5.43. The molecule has 1 aliphatic rings. The second-order valence-electron chi connectivity index (χ2n) is 7.13. The van der Waals surface area contributed by atoms with Crippen molar-refractivity contribution in [1.82, 2.24) is 29.9 Å². The number of amides is 3. The van der Waals surface area contributed by atoms with E-state index in [1.807, 2.05) is 25.6 Å². The number of rotatable bonds is 3. The number of nitrogens with zero attached hydrogens (tertiary/aromatic N) is 5. The average Bonchev–Trinajstić information content (AvgIpc) is 2.89. The van der Waals surface area contributed by atoms with Crippen LogP contribution in [0.25, 0.3) is 0 Å². The van der Waals surface area contributed by atoms with Gasteiger partial charge in [0.1, 0.15) is 0 Å². The van der Waals surface area contributed by atoms with Crippen molar-refractivity contribution < 1.29 is 9.59 Å². The molecule has 2 aromatic rings. The predicted octanol–water partition coefficient (Wildman–Crippen LogP) is 1.40. The van der Waals surface area contributed by atoms with Crippen LogP contribution in [0.3, 0.4) is 0 Å². The van der Waals surface area contributed by atoms with Gasteiger partial charge in [0, 0.05) is 64.4 Å². The van der Waals surface area contributed by atoms with Gasteiger partial charge in [-0.2, -0.15) is 5.10 Å². The topological polar surface area (TPSA) is 83.4 Å². The van der Waals surface area contributed by atoms with Crippen LogP contribution in [0.15, 0.2) is 12.4 Å². The van der Waals surface area contributed by atoms with Gasteiger partial charge in [0.15, 0.2) is 0 Å². The lowest BCUT2D eigenvalue weighted by Crippen LogP contribution is -2.42. The van der Waals surface area contributed by atoms with Crippen LogP contribution < -0.4 is 5.32 Å². The molecule has 27 heavy (non-hydrogen) atoms. The van der Waals surface area contributed by atoms with Crippen molar-refractivity contribution in [2.24, 2.45) is 7.05 Å². The summed E-state index contributed by atoms with van der Waals surface area (Å²) in [5, 5.41) is 7.37. The van der Waals surface area contributed by atoms with Gasteiger partial charge in [0.05, 0.1) is 11.3 Å². The minimum atomic E-state index is -0.144. The van der Waals surface area contributed by atoms with E-state index in [1.54, 1.807) is 36.3 Å². The first kappa shape index (κ1) is 18.9. The van der Waals surface area contributed by atoms with E-state index < -0.39 is 0 Å². The Bertz CT molecular complexity index is 887. The fourth-order valence-corrected chi connectivity index (χ4v) is 3.47. The molecule has 0 saturated heterocycles. The van der Waals surface area contributed by atoms with Crippen molar-refractivity contribution in [3.63, 3.8) is 0 Å². The molecule has 0 spiro atoms. The maximum atomic E-state index is 12.8. The smallest absolute Gasteiger partial charge is 0.319 e. The van der Waals surface area contributed by atoms with E-state index in [0.29, 0.717) is 31.6 Å². The summed E-state index contributed by atoms with van der Waals surface area (Å²) in [6, 6.07) is -0.0296. The molecular weight excluding hydrogens is 344 g/mol. The highest BCUT2D eigenvalue weighted by atomic mass is 16.2. The fourth-order valence-electron chi connectivity index (χ4n) is 3.47. The van der Waals surface area contributed by atoms with Crippen molar-refractivity contribution in [2.75, 3.05) is 20.6 Å². The lowest BCUT2D eigenvalue weighted by Gasteiger charge is -2.31. The monoisotopic (exact) mass is 370 g/mol. The number of nitrogens with one attached hydrogen (secondary N) is 1. The third-order valence-corrected chi connectivity index (χ3v) is 5.12. The first-order valence-electron chi connectivity index (χ1n) is 8.98. The van der Waals surface area contributed by atoms with Gasteiger partial charge in [0.2, 0.25) is 0 Å². The van der Waals surface area contributed by atoms with Crippen LogP contribution in [0.4, 0.5) is 4.79 Å². The quantitative estimate of drug-likeness (QED) is 0.885. The molecule has 2 aromatic heterocycles. The molecule has 8 nitrogen and oxygen atoms in total. The molecule has 3 amide bonds. The van der Waals surface area contributed by atoms with Gasteiger partial charge >= 0.3 is 6.03 Å². The highest BCUT2D eigenvalue weighted by molar-refractivity contribution is 5.95. The van der Waals surface area contributed by atoms with E-state index in [2.05, 4.69) is 15.4 Å². The first-order valence-corrected chi connectivity index (χ1v) is 8.98. The third kappa shape index (κ3) is 3.65. The number of hydrogen-bond donors (Lipinski definition) is 1. The SMILES string of the molecule is Cc1nn(C)c(C)c1CNC(=O)c1cncc2c1CCN(C(=O)N(C)C)C2. The summed E-state index contributed by atoms with van der Waals surface area (Å²) in [4.78, 5) is 32.5. The van der Waals surface area contributed by atoms with E-state index in [9.17, 15) is 9.59 Å². The van der Waals surface area contributed by atoms with Crippen molar-refractivity contribution in [3.05, 3.63) is 46.0 Å². The molecule has 0 fully saturated rings. The lowest BCUT2D eigenvalue weighted by atomic mass is 9.96. The van der Waals surface area contributed by atoms with Crippen molar-refractivity contribution in [3.8, 4) is 0 Å². The highest BCUT2D eigenvalue weighted by Crippen LogP contribution is 2.22. The number of urea groups is 1. The second-order valence-corrected chi connectivity index (χ2v) is 7.13. The molecule has 0 aliphatic carbocycles. The van der Waals surface area contributed by atoms with E-state index in [1.165, 1.54) is 0 Å². The summed E-state index contributed by atoms with van der Waals surface area (Å²) in [5.41, 5.74) is 5.48. The molecule has 0 radical (unpaired) electrons. The maximum Gasteiger partial charge on any atom is 0.319 e. The Morgan fingerprint density at radius 3 is 2.63 bits per heavy atom. The van der Waals surface area contributed by atoms with Crippen molar-refractivity contribution >= 4 is 11.9 Å². The molecule has 0 bridgehead atoms. The number of hydrogen-bond acceptors (Lipinski definition) is 4. The van der Waals surface area contributed by atoms with Crippen molar-refractivity contribution in [1.29, 1.82) is 0 Å². The fraction of sp³-hybridized carbons (Fsp3) is 0.474. The van der Waals surface area contributed by atoms with Gasteiger partial charge in [-0.15, -0.1) is 0 Å². The molecule has 144 valence electrons. The molecule has 0 atom stereocenters. The first-order chi connectivity index (χ1) is 12.8. The van der Waals surface area contributed by atoms with Crippen LogP contribution in [-0.4, -0.2) is 57.1 Å².